The van der Waals surface area contributed by atoms with Gasteiger partial charge in [0.2, 0.25) is 0 Å². The van der Waals surface area contributed by atoms with E-state index in [0.717, 1.165) is 18.3 Å². The summed E-state index contributed by atoms with van der Waals surface area (Å²) in [6.45, 7) is 6.13. The number of fused-ring (bicyclic) bond motifs is 1. The van der Waals surface area contributed by atoms with Crippen LogP contribution in [0.1, 0.15) is 16.7 Å². The van der Waals surface area contributed by atoms with Crippen LogP contribution in [-0.4, -0.2) is 39.0 Å². The molecule has 0 aliphatic carbocycles. The molecule has 0 saturated heterocycles. The van der Waals surface area contributed by atoms with Crippen molar-refractivity contribution < 1.29 is 35.5 Å². The van der Waals surface area contributed by atoms with Crippen LogP contribution in [0.25, 0.3) is 22.2 Å². The van der Waals surface area contributed by atoms with Gasteiger partial charge in [-0.3, -0.25) is 9.59 Å². The predicted molar refractivity (Wildman–Crippen MR) is 171 cm³/mol. The Hall–Kier alpha value is -4.90. The quantitative estimate of drug-likeness (QED) is 0.0924. The van der Waals surface area contributed by atoms with Gasteiger partial charge in [-0.1, -0.05) is 31.8 Å². The van der Waals surface area contributed by atoms with Crippen LogP contribution in [0, 0.1) is 5.82 Å². The van der Waals surface area contributed by atoms with Gasteiger partial charge in [0.25, 0.3) is 11.1 Å². The van der Waals surface area contributed by atoms with Gasteiger partial charge in [-0.2, -0.15) is 31.4 Å². The van der Waals surface area contributed by atoms with E-state index in [2.05, 4.69) is 40.0 Å². The molecule has 0 fully saturated rings. The van der Waals surface area contributed by atoms with E-state index in [1.165, 1.54) is 41.1 Å². The van der Waals surface area contributed by atoms with Crippen LogP contribution in [0.5, 0.6) is 0 Å². The summed E-state index contributed by atoms with van der Waals surface area (Å²) in [7, 11) is -1.46. The zero-order valence-corrected chi connectivity index (χ0v) is 27.3. The minimum atomic E-state index is -5.01. The molecule has 0 aliphatic rings. The van der Waals surface area contributed by atoms with Gasteiger partial charge in [-0.15, -0.1) is 0 Å². The maximum Gasteiger partial charge on any atom is 0.423 e. The number of nitrogens with one attached hydrogen (secondary N) is 1. The molecule has 0 aliphatic heterocycles. The van der Waals surface area contributed by atoms with Gasteiger partial charge in [0.1, 0.15) is 18.1 Å². The van der Waals surface area contributed by atoms with Crippen molar-refractivity contribution in [2.75, 3.05) is 11.9 Å². The first-order valence-corrected chi connectivity index (χ1v) is 18.4. The molecule has 1 N–H and O–H groups in total. The lowest BCUT2D eigenvalue weighted by Crippen LogP contribution is -2.32. The van der Waals surface area contributed by atoms with Crippen LogP contribution in [-0.2, 0) is 30.4 Å². The van der Waals surface area contributed by atoms with Crippen molar-refractivity contribution in [1.29, 1.82) is 0 Å². The summed E-state index contributed by atoms with van der Waals surface area (Å²) in [5.41, 5.74) is -4.64. The smallest absolute Gasteiger partial charge is 0.359 e. The molecule has 0 unspecified atom stereocenters. The minimum absolute atomic E-state index is 0.0316. The first kappa shape index (κ1) is 35.4. The summed E-state index contributed by atoms with van der Waals surface area (Å²) in [6.07, 6.45) is -6.30. The summed E-state index contributed by atoms with van der Waals surface area (Å²) in [5.74, 6) is -1.23. The van der Waals surface area contributed by atoms with E-state index in [4.69, 9.17) is 4.74 Å². The average molecular weight is 707 g/mol. The third-order valence-electron chi connectivity index (χ3n) is 7.38. The fraction of sp³-hybridized carbons (Fsp3) is 0.281. The number of rotatable bonds is 10. The Kier molecular flexibility index (Phi) is 9.79. The molecular weight excluding hydrogens is 677 g/mol. The summed E-state index contributed by atoms with van der Waals surface area (Å²) < 4.78 is 103. The van der Waals surface area contributed by atoms with E-state index >= 15 is 4.39 Å². The highest BCUT2D eigenvalue weighted by molar-refractivity contribution is 6.76. The lowest BCUT2D eigenvalue weighted by Gasteiger charge is -2.17. The Morgan fingerprint density at radius 2 is 1.61 bits per heavy atom. The van der Waals surface area contributed by atoms with Gasteiger partial charge in [0.15, 0.2) is 5.82 Å². The second-order valence-corrected chi connectivity index (χ2v) is 18.0. The molecule has 0 atom stereocenters. The molecular formula is C32H29F7N6O3Si. The van der Waals surface area contributed by atoms with Gasteiger partial charge >= 0.3 is 12.4 Å². The zero-order chi connectivity index (χ0) is 35.7. The normalized spacial score (nSPS) is 12.4. The molecule has 5 rings (SSSR count). The molecule has 0 radical (unpaired) electrons. The van der Waals surface area contributed by atoms with Crippen molar-refractivity contribution in [3.8, 4) is 11.4 Å². The highest BCUT2D eigenvalue weighted by atomic mass is 28.3. The van der Waals surface area contributed by atoms with Crippen LogP contribution in [0.2, 0.25) is 25.7 Å². The van der Waals surface area contributed by atoms with Gasteiger partial charge < -0.3 is 14.6 Å². The number of pyridine rings is 1. The number of halogens is 7. The topological polar surface area (TPSA) is 104 Å². The second kappa shape index (κ2) is 13.5. The number of nitrogens with zero attached hydrogens (tertiary/aromatic N) is 5. The van der Waals surface area contributed by atoms with E-state index in [-0.39, 0.29) is 41.0 Å². The molecule has 2 aromatic carbocycles. The number of hydrogen-bond acceptors (Lipinski definition) is 7. The van der Waals surface area contributed by atoms with E-state index in [1.807, 2.05) is 0 Å². The predicted octanol–water partition coefficient (Wildman–Crippen LogP) is 7.30. The monoisotopic (exact) mass is 706 g/mol. The van der Waals surface area contributed by atoms with Crippen LogP contribution >= 0.6 is 0 Å². The molecule has 49 heavy (non-hydrogen) atoms. The lowest BCUT2D eigenvalue weighted by atomic mass is 10.1. The maximum atomic E-state index is 15.1. The number of aromatic nitrogens is 5. The van der Waals surface area contributed by atoms with E-state index < -0.39 is 60.9 Å². The summed E-state index contributed by atoms with van der Waals surface area (Å²) in [6, 6.07) is 10.5. The summed E-state index contributed by atoms with van der Waals surface area (Å²) in [5, 5.41) is 6.71. The summed E-state index contributed by atoms with van der Waals surface area (Å²) >= 11 is 0. The number of hydrogen-bond donors (Lipinski definition) is 1. The molecule has 0 saturated carbocycles. The fourth-order valence-corrected chi connectivity index (χ4v) is 5.55. The molecule has 3 aromatic heterocycles. The van der Waals surface area contributed by atoms with Crippen molar-refractivity contribution in [1.82, 2.24) is 24.3 Å². The number of anilines is 2. The van der Waals surface area contributed by atoms with Crippen molar-refractivity contribution in [3.05, 3.63) is 110 Å². The largest absolute Gasteiger partial charge is 0.423 e. The van der Waals surface area contributed by atoms with Gasteiger partial charge in [0.05, 0.1) is 34.9 Å². The first-order chi connectivity index (χ1) is 22.9. The Bertz CT molecular complexity index is 2110. The fourth-order valence-electron chi connectivity index (χ4n) is 4.79. The van der Waals surface area contributed by atoms with Crippen LogP contribution in [0.4, 0.5) is 42.1 Å². The van der Waals surface area contributed by atoms with Gasteiger partial charge in [-0.25, -0.2) is 19.0 Å². The van der Waals surface area contributed by atoms with Gasteiger partial charge in [0, 0.05) is 39.0 Å². The third-order valence-corrected chi connectivity index (χ3v) is 9.08. The number of ether oxygens (including phenoxy) is 1. The highest BCUT2D eigenvalue weighted by Gasteiger charge is 2.38. The Labute approximate surface area is 275 Å². The average Bonchev–Trinajstić information content (AvgIpc) is 3.00. The summed E-state index contributed by atoms with van der Waals surface area (Å²) in [4.78, 5) is 33.3. The molecule has 0 amide bonds. The minimum Gasteiger partial charge on any atom is -0.359 e. The van der Waals surface area contributed by atoms with Crippen molar-refractivity contribution in [2.24, 2.45) is 0 Å². The molecule has 0 spiro atoms. The standard InChI is InChI=1S/C32H29F7N6O3Si/c1-49(2,3)10-9-48-18-45-30(47)27(32(37,38)39)26(16-42-45)43-22-6-4-5-19(11-22)17-44-8-7-20-12-24(25(33)13-23(20)29(44)46)28-40-14-21(15-41-28)31(34,35)36/h4-8,11-16,43H,9-10,17-18H2,1-3H3. The third kappa shape index (κ3) is 8.40. The molecule has 0 bridgehead atoms. The molecule has 258 valence electrons. The van der Waals surface area contributed by atoms with Crippen LogP contribution < -0.4 is 16.4 Å². The maximum absolute atomic E-state index is 15.1. The molecule has 17 heteroatoms. The van der Waals surface area contributed by atoms with Gasteiger partial charge in [-0.05, 0) is 47.3 Å². The second-order valence-electron chi connectivity index (χ2n) is 12.4. The van der Waals surface area contributed by atoms with E-state index in [1.54, 1.807) is 6.07 Å². The Morgan fingerprint density at radius 3 is 2.27 bits per heavy atom. The first-order valence-electron chi connectivity index (χ1n) is 14.7. The Balaban J connectivity index is 1.37. The lowest BCUT2D eigenvalue weighted by molar-refractivity contribution is -0.139. The van der Waals surface area contributed by atoms with Crippen LogP contribution in [0.3, 0.4) is 0 Å². The molecule has 5 aromatic rings. The molecule has 3 heterocycles. The SMILES string of the molecule is C[Si](C)(C)CCOCn1ncc(Nc2cccc(Cn3ccc4cc(-c5ncc(C(F)(F)F)cn5)c(F)cc4c3=O)c2)c(C(F)(F)F)c1=O. The molecule has 9 nitrogen and oxygen atoms in total. The zero-order valence-electron chi connectivity index (χ0n) is 26.3. The van der Waals surface area contributed by atoms with Crippen molar-refractivity contribution in [2.45, 2.75) is 51.3 Å². The van der Waals surface area contributed by atoms with E-state index in [0.29, 0.717) is 22.6 Å². The highest BCUT2D eigenvalue weighted by Crippen LogP contribution is 2.34. The van der Waals surface area contributed by atoms with Crippen molar-refractivity contribution >= 4 is 30.2 Å². The van der Waals surface area contributed by atoms with Crippen molar-refractivity contribution in [3.63, 3.8) is 0 Å². The van der Waals surface area contributed by atoms with Crippen LogP contribution in [0.15, 0.2) is 76.8 Å². The number of alkyl halides is 6. The Morgan fingerprint density at radius 1 is 0.898 bits per heavy atom. The van der Waals surface area contributed by atoms with E-state index in [9.17, 15) is 35.9 Å². The number of benzene rings is 2.